The highest BCUT2D eigenvalue weighted by Crippen LogP contribution is 2.33. The Bertz CT molecular complexity index is 630. The minimum Gasteiger partial charge on any atom is -0.467 e. The molecule has 0 aliphatic heterocycles. The van der Waals surface area contributed by atoms with Crippen molar-refractivity contribution in [3.05, 3.63) is 33.3 Å². The van der Waals surface area contributed by atoms with Gasteiger partial charge in [-0.05, 0) is 55.4 Å². The molecule has 0 unspecified atom stereocenters. The average Bonchev–Trinajstić information content (AvgIpc) is 2.59. The Morgan fingerprint density at radius 2 is 2.00 bits per heavy atom. The zero-order chi connectivity index (χ0) is 18.4. The maximum atomic E-state index is 12.6. The van der Waals surface area contributed by atoms with Crippen molar-refractivity contribution in [2.45, 2.75) is 37.6 Å². The summed E-state index contributed by atoms with van der Waals surface area (Å²) in [5, 5.41) is 3.44. The van der Waals surface area contributed by atoms with Crippen molar-refractivity contribution in [1.82, 2.24) is 5.32 Å². The largest absolute Gasteiger partial charge is 0.467 e. The van der Waals surface area contributed by atoms with E-state index in [2.05, 4.69) is 21.2 Å². The van der Waals surface area contributed by atoms with Crippen LogP contribution >= 0.6 is 27.5 Å². The minimum atomic E-state index is -0.964. The van der Waals surface area contributed by atoms with E-state index in [-0.39, 0.29) is 12.3 Å². The second-order valence-electron chi connectivity index (χ2n) is 6.43. The zero-order valence-corrected chi connectivity index (χ0v) is 16.8. The van der Waals surface area contributed by atoms with Gasteiger partial charge < -0.3 is 14.8 Å². The third-order valence-electron chi connectivity index (χ3n) is 4.67. The van der Waals surface area contributed by atoms with Gasteiger partial charge in [-0.2, -0.15) is 0 Å². The number of hydrogen-bond donors (Lipinski definition) is 1. The molecule has 25 heavy (non-hydrogen) atoms. The first kappa shape index (κ1) is 20.2. The van der Waals surface area contributed by atoms with E-state index in [0.717, 1.165) is 17.3 Å². The molecule has 1 N–H and O–H groups in total. The Kier molecular flexibility index (Phi) is 7.28. The third-order valence-corrected chi connectivity index (χ3v) is 5.54. The van der Waals surface area contributed by atoms with Crippen LogP contribution in [0.25, 0.3) is 0 Å². The van der Waals surface area contributed by atoms with Crippen molar-refractivity contribution in [3.63, 3.8) is 0 Å². The first-order valence-electron chi connectivity index (χ1n) is 8.22. The van der Waals surface area contributed by atoms with Crippen LogP contribution in [0.1, 0.15) is 31.2 Å². The molecule has 2 rings (SSSR count). The summed E-state index contributed by atoms with van der Waals surface area (Å²) in [6.45, 7) is 0.666. The number of hydrogen-bond acceptors (Lipinski definition) is 4. The van der Waals surface area contributed by atoms with Gasteiger partial charge in [0.05, 0.1) is 13.5 Å². The van der Waals surface area contributed by atoms with Crippen molar-refractivity contribution in [1.29, 1.82) is 0 Å². The Morgan fingerprint density at radius 1 is 1.32 bits per heavy atom. The van der Waals surface area contributed by atoms with Crippen LogP contribution in [0, 0.1) is 5.92 Å². The maximum Gasteiger partial charge on any atom is 0.331 e. The first-order valence-corrected chi connectivity index (χ1v) is 9.39. The molecule has 138 valence electrons. The number of rotatable bonds is 6. The molecule has 1 saturated carbocycles. The molecule has 1 aliphatic rings. The van der Waals surface area contributed by atoms with E-state index >= 15 is 0 Å². The summed E-state index contributed by atoms with van der Waals surface area (Å²) in [5.74, 6) is -0.230. The van der Waals surface area contributed by atoms with Gasteiger partial charge in [0.2, 0.25) is 5.91 Å². The van der Waals surface area contributed by atoms with Crippen LogP contribution < -0.4 is 5.32 Å². The van der Waals surface area contributed by atoms with E-state index in [1.165, 1.54) is 7.11 Å². The molecule has 1 amide bonds. The molecule has 0 heterocycles. The molecule has 5 nitrogen and oxygen atoms in total. The third kappa shape index (κ3) is 5.19. The fourth-order valence-electron chi connectivity index (χ4n) is 3.31. The predicted molar refractivity (Wildman–Crippen MR) is 99.6 cm³/mol. The zero-order valence-electron chi connectivity index (χ0n) is 14.4. The van der Waals surface area contributed by atoms with Gasteiger partial charge in [-0.15, -0.1) is 0 Å². The van der Waals surface area contributed by atoms with Gasteiger partial charge in [0, 0.05) is 23.2 Å². The summed E-state index contributed by atoms with van der Waals surface area (Å²) < 4.78 is 11.0. The Morgan fingerprint density at radius 3 is 2.60 bits per heavy atom. The highest BCUT2D eigenvalue weighted by molar-refractivity contribution is 9.10. The normalized spacial score (nSPS) is 23.1. The lowest BCUT2D eigenvalue weighted by Crippen LogP contribution is -2.57. The summed E-state index contributed by atoms with van der Waals surface area (Å²) in [6.07, 6.45) is 2.82. The number of carbonyl (C=O) groups excluding carboxylic acids is 2. The number of benzene rings is 1. The van der Waals surface area contributed by atoms with E-state index in [0.29, 0.717) is 36.0 Å². The quantitative estimate of drug-likeness (QED) is 0.699. The van der Waals surface area contributed by atoms with E-state index in [9.17, 15) is 9.59 Å². The summed E-state index contributed by atoms with van der Waals surface area (Å²) in [7, 11) is 3.02. The van der Waals surface area contributed by atoms with E-state index in [4.69, 9.17) is 21.1 Å². The lowest BCUT2D eigenvalue weighted by Gasteiger charge is -2.38. The van der Waals surface area contributed by atoms with Gasteiger partial charge in [-0.3, -0.25) is 4.79 Å². The van der Waals surface area contributed by atoms with Gasteiger partial charge in [-0.1, -0.05) is 27.5 Å². The molecule has 0 saturated heterocycles. The van der Waals surface area contributed by atoms with E-state index in [1.54, 1.807) is 13.2 Å². The molecule has 7 heteroatoms. The van der Waals surface area contributed by atoms with Crippen LogP contribution in [0.2, 0.25) is 5.02 Å². The lowest BCUT2D eigenvalue weighted by molar-refractivity contribution is -0.153. The molecule has 1 aromatic carbocycles. The number of amides is 1. The standard InChI is InChI=1S/C18H23BrClNO4/c1-24-11-12-5-7-18(8-6-12,17(23)25-2)21-16(22)10-13-9-14(19)3-4-15(13)20/h3-4,9,12H,5-8,10-11H2,1-2H3,(H,21,22). The highest BCUT2D eigenvalue weighted by atomic mass is 79.9. The molecule has 1 fully saturated rings. The summed E-state index contributed by atoms with van der Waals surface area (Å²) >= 11 is 9.53. The molecule has 0 atom stereocenters. The van der Waals surface area contributed by atoms with Crippen LogP contribution in [-0.2, 0) is 25.5 Å². The lowest BCUT2D eigenvalue weighted by atomic mass is 9.76. The van der Waals surface area contributed by atoms with Crippen LogP contribution in [0.15, 0.2) is 22.7 Å². The van der Waals surface area contributed by atoms with Crippen molar-refractivity contribution in [2.24, 2.45) is 5.92 Å². The smallest absolute Gasteiger partial charge is 0.331 e. The summed E-state index contributed by atoms with van der Waals surface area (Å²) in [4.78, 5) is 24.9. The first-order chi connectivity index (χ1) is 11.9. The molecule has 0 bridgehead atoms. The predicted octanol–water partition coefficient (Wildman–Crippen LogP) is 3.51. The van der Waals surface area contributed by atoms with E-state index in [1.807, 2.05) is 12.1 Å². The van der Waals surface area contributed by atoms with Gasteiger partial charge >= 0.3 is 5.97 Å². The number of ether oxygens (including phenoxy) is 2. The van der Waals surface area contributed by atoms with Crippen molar-refractivity contribution >= 4 is 39.4 Å². The monoisotopic (exact) mass is 431 g/mol. The van der Waals surface area contributed by atoms with Crippen LogP contribution in [0.4, 0.5) is 0 Å². The molecule has 1 aliphatic carbocycles. The van der Waals surface area contributed by atoms with Gasteiger partial charge in [-0.25, -0.2) is 4.79 Å². The second-order valence-corrected chi connectivity index (χ2v) is 7.76. The second kappa shape index (κ2) is 9.01. The Balaban J connectivity index is 2.08. The van der Waals surface area contributed by atoms with Gasteiger partial charge in [0.1, 0.15) is 5.54 Å². The maximum absolute atomic E-state index is 12.6. The highest BCUT2D eigenvalue weighted by Gasteiger charge is 2.44. The Hall–Kier alpha value is -1.11. The molecular formula is C18H23BrClNO4. The van der Waals surface area contributed by atoms with Crippen LogP contribution in [-0.4, -0.2) is 38.2 Å². The van der Waals surface area contributed by atoms with Crippen molar-refractivity contribution in [3.8, 4) is 0 Å². The fraction of sp³-hybridized carbons (Fsp3) is 0.556. The fourth-order valence-corrected chi connectivity index (χ4v) is 3.90. The van der Waals surface area contributed by atoms with Gasteiger partial charge in [0.25, 0.3) is 0 Å². The summed E-state index contributed by atoms with van der Waals surface area (Å²) in [5.41, 5.74) is -0.254. The number of methoxy groups -OCH3 is 2. The van der Waals surface area contributed by atoms with Crippen molar-refractivity contribution in [2.75, 3.05) is 20.8 Å². The molecule has 1 aromatic rings. The topological polar surface area (TPSA) is 64.6 Å². The Labute approximate surface area is 161 Å². The molecular weight excluding hydrogens is 410 g/mol. The van der Waals surface area contributed by atoms with Crippen LogP contribution in [0.3, 0.4) is 0 Å². The van der Waals surface area contributed by atoms with Crippen molar-refractivity contribution < 1.29 is 19.1 Å². The van der Waals surface area contributed by atoms with Gasteiger partial charge in [0.15, 0.2) is 0 Å². The molecule has 0 spiro atoms. The number of carbonyl (C=O) groups is 2. The van der Waals surface area contributed by atoms with Crippen LogP contribution in [0.5, 0.6) is 0 Å². The van der Waals surface area contributed by atoms with E-state index < -0.39 is 11.5 Å². The summed E-state index contributed by atoms with van der Waals surface area (Å²) in [6, 6.07) is 5.36. The molecule has 0 radical (unpaired) electrons. The average molecular weight is 433 g/mol. The molecule has 0 aromatic heterocycles. The minimum absolute atomic E-state index is 0.110. The number of halogens is 2. The number of esters is 1. The SMILES string of the molecule is COCC1CCC(NC(=O)Cc2cc(Br)ccc2Cl)(C(=O)OC)CC1. The number of nitrogens with one attached hydrogen (secondary N) is 1.